The summed E-state index contributed by atoms with van der Waals surface area (Å²) in [4.78, 5) is 24.6. The van der Waals surface area contributed by atoms with Gasteiger partial charge in [-0.15, -0.1) is 11.6 Å². The van der Waals surface area contributed by atoms with Gasteiger partial charge in [-0.05, 0) is 50.8 Å². The van der Waals surface area contributed by atoms with Gasteiger partial charge >= 0.3 is 0 Å². The maximum Gasteiger partial charge on any atom is 0.258 e. The first kappa shape index (κ1) is 19.7. The van der Waals surface area contributed by atoms with Crippen LogP contribution in [0.5, 0.6) is 5.75 Å². The fraction of sp³-hybridized carbons (Fsp3) is 0.579. The fourth-order valence-electron chi connectivity index (χ4n) is 4.55. The molecule has 0 spiro atoms. The molecule has 2 unspecified atom stereocenters. The molecule has 1 aromatic carbocycles. The molecule has 0 radical (unpaired) electrons. The number of piperidine rings is 1. The van der Waals surface area contributed by atoms with E-state index in [1.54, 1.807) is 0 Å². The second-order valence-corrected chi connectivity index (χ2v) is 9.05. The van der Waals surface area contributed by atoms with Crippen LogP contribution in [0.4, 0.5) is 4.39 Å². The first-order chi connectivity index (χ1) is 13.3. The lowest BCUT2D eigenvalue weighted by molar-refractivity contribution is -0.151. The van der Waals surface area contributed by atoms with E-state index in [2.05, 4.69) is 16.0 Å². The lowest BCUT2D eigenvalue weighted by atomic mass is 9.44. The molecule has 2 amide bonds. The van der Waals surface area contributed by atoms with Crippen molar-refractivity contribution >= 4 is 35.0 Å². The second kappa shape index (κ2) is 7.35. The Labute approximate surface area is 172 Å². The van der Waals surface area contributed by atoms with Crippen molar-refractivity contribution < 1.29 is 18.7 Å². The van der Waals surface area contributed by atoms with Crippen molar-refractivity contribution in [1.82, 2.24) is 16.0 Å². The molecule has 2 atom stereocenters. The summed E-state index contributed by atoms with van der Waals surface area (Å²) in [6.07, 6.45) is 3.91. The number of alkyl halides is 1. The lowest BCUT2D eigenvalue weighted by Crippen LogP contribution is -2.84. The Hall–Kier alpha value is -1.57. The maximum absolute atomic E-state index is 13.4. The van der Waals surface area contributed by atoms with Crippen LogP contribution in [0.15, 0.2) is 18.2 Å². The minimum absolute atomic E-state index is 0.00178. The summed E-state index contributed by atoms with van der Waals surface area (Å²) in [7, 11) is 0. The highest BCUT2D eigenvalue weighted by molar-refractivity contribution is 6.30. The molecule has 3 N–H and O–H groups in total. The van der Waals surface area contributed by atoms with Crippen LogP contribution < -0.4 is 20.7 Å². The zero-order valence-corrected chi connectivity index (χ0v) is 16.7. The third-order valence-corrected chi connectivity index (χ3v) is 6.53. The standard InChI is InChI=1S/C19H22Cl2FN3O3/c20-12-4-3-11(6-14(12)22)28-7-15(26)24-18-8-19(9-18,10-18)25-17(27)16-13(21)2-1-5-23-16/h3-4,6,13,16,23H,1-2,5,7-10H2,(H,24,26)(H,25,27). The number of hydrogen-bond donors (Lipinski definition) is 3. The van der Waals surface area contributed by atoms with E-state index in [0.29, 0.717) is 19.3 Å². The van der Waals surface area contributed by atoms with Gasteiger partial charge in [0.15, 0.2) is 6.61 Å². The van der Waals surface area contributed by atoms with Gasteiger partial charge in [-0.1, -0.05) is 11.6 Å². The SMILES string of the molecule is O=C(COc1ccc(Cl)c(F)c1)NC12CC(NC(=O)C3NCCCC3Cl)(C1)C2. The van der Waals surface area contributed by atoms with Gasteiger partial charge < -0.3 is 20.7 Å². The number of carbonyl (C=O) groups excluding carboxylic acids is 2. The number of ether oxygens (including phenoxy) is 1. The molecule has 1 aliphatic heterocycles. The molecule has 28 heavy (non-hydrogen) atoms. The van der Waals surface area contributed by atoms with Crippen LogP contribution in [0.2, 0.25) is 5.02 Å². The van der Waals surface area contributed by atoms with Crippen LogP contribution in [0.25, 0.3) is 0 Å². The molecule has 2 bridgehead atoms. The maximum atomic E-state index is 13.4. The Bertz CT molecular complexity index is 787. The molecule has 0 aromatic heterocycles. The van der Waals surface area contributed by atoms with Crippen molar-refractivity contribution in [3.8, 4) is 5.75 Å². The molecule has 3 aliphatic carbocycles. The fourth-order valence-corrected chi connectivity index (χ4v) is 5.02. The molecule has 1 heterocycles. The number of carbonyl (C=O) groups is 2. The summed E-state index contributed by atoms with van der Waals surface area (Å²) >= 11 is 11.9. The number of hydrogen-bond acceptors (Lipinski definition) is 4. The summed E-state index contributed by atoms with van der Waals surface area (Å²) in [5.41, 5.74) is -0.514. The van der Waals surface area contributed by atoms with Gasteiger partial charge in [0.05, 0.1) is 10.4 Å². The van der Waals surface area contributed by atoms with Crippen LogP contribution in [-0.4, -0.2) is 47.5 Å². The minimum Gasteiger partial charge on any atom is -0.484 e. The van der Waals surface area contributed by atoms with Gasteiger partial charge in [0.1, 0.15) is 17.6 Å². The van der Waals surface area contributed by atoms with Crippen molar-refractivity contribution in [3.63, 3.8) is 0 Å². The van der Waals surface area contributed by atoms with Crippen molar-refractivity contribution in [3.05, 3.63) is 29.0 Å². The molecule has 152 valence electrons. The zero-order chi connectivity index (χ0) is 19.9. The number of benzene rings is 1. The van der Waals surface area contributed by atoms with E-state index in [1.807, 2.05) is 0 Å². The van der Waals surface area contributed by atoms with Gasteiger partial charge in [0.2, 0.25) is 5.91 Å². The van der Waals surface area contributed by atoms with Gasteiger partial charge in [0, 0.05) is 17.1 Å². The molecule has 4 fully saturated rings. The van der Waals surface area contributed by atoms with Crippen LogP contribution in [0, 0.1) is 5.82 Å². The zero-order valence-electron chi connectivity index (χ0n) is 15.2. The van der Waals surface area contributed by atoms with Gasteiger partial charge in [-0.2, -0.15) is 0 Å². The number of amides is 2. The minimum atomic E-state index is -0.594. The van der Waals surface area contributed by atoms with E-state index in [0.717, 1.165) is 25.5 Å². The topological polar surface area (TPSA) is 79.5 Å². The van der Waals surface area contributed by atoms with Crippen molar-refractivity contribution in [2.45, 2.75) is 54.6 Å². The smallest absolute Gasteiger partial charge is 0.258 e. The molecule has 1 saturated heterocycles. The van der Waals surface area contributed by atoms with E-state index >= 15 is 0 Å². The highest BCUT2D eigenvalue weighted by Gasteiger charge is 2.69. The third-order valence-electron chi connectivity index (χ3n) is 5.75. The summed E-state index contributed by atoms with van der Waals surface area (Å²) in [6, 6.07) is 3.67. The first-order valence-corrected chi connectivity index (χ1v) is 10.2. The Kier molecular flexibility index (Phi) is 5.18. The molecule has 9 heteroatoms. The highest BCUT2D eigenvalue weighted by Crippen LogP contribution is 2.60. The average molecular weight is 430 g/mol. The van der Waals surface area contributed by atoms with Gasteiger partial charge in [-0.25, -0.2) is 4.39 Å². The molecular formula is C19H22Cl2FN3O3. The third kappa shape index (κ3) is 3.80. The van der Waals surface area contributed by atoms with E-state index in [-0.39, 0.29) is 51.7 Å². The summed E-state index contributed by atoms with van der Waals surface area (Å²) in [5, 5.41) is 9.05. The van der Waals surface area contributed by atoms with Crippen LogP contribution in [0.3, 0.4) is 0 Å². The van der Waals surface area contributed by atoms with Crippen molar-refractivity contribution in [1.29, 1.82) is 0 Å². The molecular weight excluding hydrogens is 408 g/mol. The summed E-state index contributed by atoms with van der Waals surface area (Å²) in [6.45, 7) is 0.591. The number of rotatable bonds is 6. The molecule has 6 nitrogen and oxygen atoms in total. The largest absolute Gasteiger partial charge is 0.484 e. The normalized spacial score (nSPS) is 33.2. The molecule has 4 aliphatic rings. The van der Waals surface area contributed by atoms with Crippen molar-refractivity contribution in [2.24, 2.45) is 0 Å². The van der Waals surface area contributed by atoms with Gasteiger partial charge in [-0.3, -0.25) is 9.59 Å². The predicted molar refractivity (Wildman–Crippen MR) is 103 cm³/mol. The number of nitrogens with one attached hydrogen (secondary N) is 3. The number of halogens is 3. The molecule has 1 aromatic rings. The van der Waals surface area contributed by atoms with E-state index in [1.165, 1.54) is 12.1 Å². The first-order valence-electron chi connectivity index (χ1n) is 9.38. The lowest BCUT2D eigenvalue weighted by Gasteiger charge is -2.70. The molecule has 5 rings (SSSR count). The second-order valence-electron chi connectivity index (χ2n) is 8.08. The average Bonchev–Trinajstić information content (AvgIpc) is 2.60. The van der Waals surface area contributed by atoms with E-state index < -0.39 is 5.82 Å². The monoisotopic (exact) mass is 429 g/mol. The Morgan fingerprint density at radius 1 is 1.25 bits per heavy atom. The predicted octanol–water partition coefficient (Wildman–Crippen LogP) is 2.12. The summed E-state index contributed by atoms with van der Waals surface area (Å²) in [5.74, 6) is -0.686. The van der Waals surface area contributed by atoms with E-state index in [9.17, 15) is 14.0 Å². The Morgan fingerprint density at radius 3 is 2.64 bits per heavy atom. The van der Waals surface area contributed by atoms with Crippen molar-refractivity contribution in [2.75, 3.05) is 13.2 Å². The van der Waals surface area contributed by atoms with Crippen LogP contribution >= 0.6 is 23.2 Å². The van der Waals surface area contributed by atoms with E-state index in [4.69, 9.17) is 27.9 Å². The molecule has 3 saturated carbocycles. The highest BCUT2D eigenvalue weighted by atomic mass is 35.5. The van der Waals surface area contributed by atoms with Crippen LogP contribution in [-0.2, 0) is 9.59 Å². The summed E-state index contributed by atoms with van der Waals surface area (Å²) < 4.78 is 18.7. The van der Waals surface area contributed by atoms with Crippen LogP contribution in [0.1, 0.15) is 32.1 Å². The Balaban J connectivity index is 1.21. The quantitative estimate of drug-likeness (QED) is 0.605. The Morgan fingerprint density at radius 2 is 1.96 bits per heavy atom. The van der Waals surface area contributed by atoms with Gasteiger partial charge in [0.25, 0.3) is 5.91 Å².